The van der Waals surface area contributed by atoms with Gasteiger partial charge in [0.25, 0.3) is 9.24 Å². The zero-order valence-corrected chi connectivity index (χ0v) is 9.36. The second-order valence-electron chi connectivity index (χ2n) is 3.60. The molecule has 1 aliphatic rings. The van der Waals surface area contributed by atoms with Crippen LogP contribution in [0.4, 0.5) is 0 Å². The van der Waals surface area contributed by atoms with Crippen molar-refractivity contribution < 1.29 is 13.2 Å². The molecule has 1 fully saturated rings. The van der Waals surface area contributed by atoms with Gasteiger partial charge in [-0.05, 0) is 19.8 Å². The van der Waals surface area contributed by atoms with E-state index >= 15 is 0 Å². The maximum absolute atomic E-state index is 10.9. The van der Waals surface area contributed by atoms with Crippen molar-refractivity contribution in [2.75, 3.05) is 20.2 Å². The number of rotatable bonds is 3. The number of likely N-dealkylation sites (N-methyl/N-ethyl adjacent to an activating group) is 1. The summed E-state index contributed by atoms with van der Waals surface area (Å²) in [5, 5.41) is 0. The highest BCUT2D eigenvalue weighted by molar-refractivity contribution is 8.11. The summed E-state index contributed by atoms with van der Waals surface area (Å²) in [5.74, 6) is 0. The number of hydrogen-bond acceptors (Lipinski definition) is 3. The molecule has 1 aliphatic heterocycles. The van der Waals surface area contributed by atoms with Crippen molar-refractivity contribution in [3.8, 4) is 0 Å². The van der Waals surface area contributed by atoms with E-state index in [2.05, 4.69) is 0 Å². The molecule has 13 heavy (non-hydrogen) atoms. The Bertz CT molecular complexity index is 271. The van der Waals surface area contributed by atoms with Crippen LogP contribution in [-0.2, 0) is 14.0 Å². The molecular weight excluding hydrogens is 214 g/mol. The summed E-state index contributed by atoms with van der Waals surface area (Å²) < 4.78 is 28.3. The van der Waals surface area contributed by atoms with Gasteiger partial charge < -0.3 is 4.74 Å². The van der Waals surface area contributed by atoms with E-state index in [-0.39, 0.29) is 5.60 Å². The van der Waals surface area contributed by atoms with Crippen LogP contribution in [0.1, 0.15) is 19.8 Å². The number of nitrogens with zero attached hydrogens (tertiary/aromatic N) is 1. The van der Waals surface area contributed by atoms with Gasteiger partial charge in [0.05, 0.1) is 5.60 Å². The zero-order chi connectivity index (χ0) is 10.1. The average Bonchev–Trinajstić information content (AvgIpc) is 2.33. The predicted molar refractivity (Wildman–Crippen MR) is 51.0 cm³/mol. The molecule has 1 saturated heterocycles. The first-order valence-corrected chi connectivity index (χ1v) is 6.40. The molecule has 0 saturated carbocycles. The van der Waals surface area contributed by atoms with Gasteiger partial charge >= 0.3 is 0 Å². The van der Waals surface area contributed by atoms with Crippen molar-refractivity contribution >= 4 is 19.9 Å². The minimum atomic E-state index is -3.60. The molecule has 1 rings (SSSR count). The summed E-state index contributed by atoms with van der Waals surface area (Å²) in [6.45, 7) is 2.92. The predicted octanol–water partition coefficient (Wildman–Crippen LogP) is 0.971. The molecular formula is C7H14ClNO3S. The summed E-state index contributed by atoms with van der Waals surface area (Å²) >= 11 is 0. The minimum Gasteiger partial charge on any atom is -0.374 e. The Kier molecular flexibility index (Phi) is 3.22. The van der Waals surface area contributed by atoms with E-state index in [0.717, 1.165) is 17.1 Å². The highest BCUT2D eigenvalue weighted by Crippen LogP contribution is 2.26. The molecule has 0 aromatic rings. The van der Waals surface area contributed by atoms with Gasteiger partial charge in [-0.15, -0.1) is 0 Å². The first-order valence-electron chi connectivity index (χ1n) is 4.13. The van der Waals surface area contributed by atoms with Gasteiger partial charge in [-0.3, -0.25) is 0 Å². The molecule has 0 N–H and O–H groups in total. The van der Waals surface area contributed by atoms with Gasteiger partial charge in [0, 0.05) is 30.9 Å². The Morgan fingerprint density at radius 3 is 2.62 bits per heavy atom. The van der Waals surface area contributed by atoms with Crippen LogP contribution in [0, 0.1) is 0 Å². The Balaban J connectivity index is 2.58. The van der Waals surface area contributed by atoms with E-state index in [1.165, 1.54) is 7.05 Å². The Morgan fingerprint density at radius 1 is 1.62 bits per heavy atom. The first-order chi connectivity index (χ1) is 5.83. The van der Waals surface area contributed by atoms with Crippen molar-refractivity contribution in [3.05, 3.63) is 0 Å². The summed E-state index contributed by atoms with van der Waals surface area (Å²) in [5.41, 5.74) is -0.364. The van der Waals surface area contributed by atoms with Crippen molar-refractivity contribution in [3.63, 3.8) is 0 Å². The topological polar surface area (TPSA) is 46.6 Å². The number of hydrogen-bond donors (Lipinski definition) is 0. The molecule has 6 heteroatoms. The molecule has 0 amide bonds. The monoisotopic (exact) mass is 227 g/mol. The lowest BCUT2D eigenvalue weighted by Gasteiger charge is -2.26. The highest BCUT2D eigenvalue weighted by atomic mass is 35.7. The number of ether oxygens (including phenoxy) is 1. The Hall–Kier alpha value is 0.160. The van der Waals surface area contributed by atoms with Crippen LogP contribution in [0.2, 0.25) is 0 Å². The van der Waals surface area contributed by atoms with Gasteiger partial charge in [-0.25, -0.2) is 0 Å². The van der Waals surface area contributed by atoms with E-state index in [4.69, 9.17) is 15.4 Å². The van der Waals surface area contributed by atoms with Crippen LogP contribution in [0.5, 0.6) is 0 Å². The lowest BCUT2D eigenvalue weighted by Crippen LogP contribution is -2.39. The van der Waals surface area contributed by atoms with Crippen LogP contribution in [0.25, 0.3) is 0 Å². The minimum absolute atomic E-state index is 0.318. The first kappa shape index (κ1) is 11.2. The zero-order valence-electron chi connectivity index (χ0n) is 7.79. The maximum atomic E-state index is 10.9. The van der Waals surface area contributed by atoms with Crippen LogP contribution >= 0.6 is 10.7 Å². The highest BCUT2D eigenvalue weighted by Gasteiger charge is 2.33. The molecule has 1 heterocycles. The van der Waals surface area contributed by atoms with Crippen LogP contribution in [0.3, 0.4) is 0 Å². The fourth-order valence-electron chi connectivity index (χ4n) is 1.51. The molecule has 0 bridgehead atoms. The molecule has 0 spiro atoms. The molecule has 0 radical (unpaired) electrons. The molecule has 0 aliphatic carbocycles. The van der Waals surface area contributed by atoms with Crippen LogP contribution in [-0.4, -0.2) is 38.5 Å². The standard InChI is InChI=1S/C7H14ClNO3S/c1-7(4-3-5-12-7)6-9(2)13(8,10)11/h3-6H2,1-2H3. The lowest BCUT2D eigenvalue weighted by atomic mass is 10.0. The quantitative estimate of drug-likeness (QED) is 0.675. The van der Waals surface area contributed by atoms with Crippen LogP contribution < -0.4 is 0 Å². The van der Waals surface area contributed by atoms with E-state index in [1.807, 2.05) is 6.92 Å². The average molecular weight is 228 g/mol. The third-order valence-electron chi connectivity index (χ3n) is 2.23. The summed E-state index contributed by atoms with van der Waals surface area (Å²) in [6.07, 6.45) is 1.86. The molecule has 78 valence electrons. The SMILES string of the molecule is CN(CC1(C)CCCO1)S(=O)(=O)Cl. The van der Waals surface area contributed by atoms with Gasteiger partial charge in [0.15, 0.2) is 0 Å². The molecule has 0 aromatic carbocycles. The van der Waals surface area contributed by atoms with E-state index in [0.29, 0.717) is 13.2 Å². The van der Waals surface area contributed by atoms with Gasteiger partial charge in [0.1, 0.15) is 0 Å². The van der Waals surface area contributed by atoms with E-state index < -0.39 is 9.24 Å². The lowest BCUT2D eigenvalue weighted by molar-refractivity contribution is 0.00997. The molecule has 1 atom stereocenters. The molecule has 4 nitrogen and oxygen atoms in total. The van der Waals surface area contributed by atoms with Crippen LogP contribution in [0.15, 0.2) is 0 Å². The van der Waals surface area contributed by atoms with E-state index in [1.54, 1.807) is 0 Å². The third-order valence-corrected chi connectivity index (χ3v) is 3.81. The van der Waals surface area contributed by atoms with Crippen molar-refractivity contribution in [2.24, 2.45) is 0 Å². The fourth-order valence-corrected chi connectivity index (χ4v) is 2.08. The largest absolute Gasteiger partial charge is 0.374 e. The van der Waals surface area contributed by atoms with Crippen molar-refractivity contribution in [2.45, 2.75) is 25.4 Å². The smallest absolute Gasteiger partial charge is 0.299 e. The summed E-state index contributed by atoms with van der Waals surface area (Å²) in [7, 11) is 3.02. The Labute approximate surface area is 83.4 Å². The normalized spacial score (nSPS) is 29.8. The van der Waals surface area contributed by atoms with E-state index in [9.17, 15) is 8.42 Å². The fraction of sp³-hybridized carbons (Fsp3) is 1.00. The maximum Gasteiger partial charge on any atom is 0.299 e. The summed E-state index contributed by atoms with van der Waals surface area (Å²) in [6, 6.07) is 0. The van der Waals surface area contributed by atoms with Gasteiger partial charge in [-0.2, -0.15) is 12.7 Å². The molecule has 0 aromatic heterocycles. The second kappa shape index (κ2) is 3.73. The Morgan fingerprint density at radius 2 is 2.23 bits per heavy atom. The molecule has 1 unspecified atom stereocenters. The van der Waals surface area contributed by atoms with Gasteiger partial charge in [-0.1, -0.05) is 0 Å². The van der Waals surface area contributed by atoms with Gasteiger partial charge in [0.2, 0.25) is 0 Å². The van der Waals surface area contributed by atoms with Crippen molar-refractivity contribution in [1.82, 2.24) is 4.31 Å². The third kappa shape index (κ3) is 3.09. The number of halogens is 1. The second-order valence-corrected chi connectivity index (χ2v) is 6.22. The summed E-state index contributed by atoms with van der Waals surface area (Å²) in [4.78, 5) is 0. The van der Waals surface area contributed by atoms with Crippen molar-refractivity contribution in [1.29, 1.82) is 0 Å².